The van der Waals surface area contributed by atoms with E-state index in [9.17, 15) is 4.79 Å². The molecule has 0 spiro atoms. The van der Waals surface area contributed by atoms with Crippen molar-refractivity contribution in [3.8, 4) is 17.3 Å². The van der Waals surface area contributed by atoms with Crippen LogP contribution in [0.1, 0.15) is 11.1 Å². The lowest BCUT2D eigenvalue weighted by Crippen LogP contribution is -2.48. The standard InChI is InChI=1S/C26H27N5O2S/c1-20-7-5-10-22(17-20)31-25(23-11-6-16-33-23)27-28-26(31)34-19-24(32)30-14-12-29(13-15-30)18-21-8-3-2-4-9-21/h2-11,16-17H,12-15,18-19H2,1H3. The zero-order valence-corrected chi connectivity index (χ0v) is 19.9. The Bertz CT molecular complexity index is 1230. The predicted molar refractivity (Wildman–Crippen MR) is 133 cm³/mol. The number of furan rings is 1. The molecule has 0 saturated carbocycles. The number of amides is 1. The number of carbonyl (C=O) groups excluding carboxylic acids is 1. The second kappa shape index (κ2) is 10.3. The number of piperazine rings is 1. The monoisotopic (exact) mass is 473 g/mol. The largest absolute Gasteiger partial charge is 0.461 e. The molecule has 8 heteroatoms. The Kier molecular flexibility index (Phi) is 6.78. The molecule has 7 nitrogen and oxygen atoms in total. The van der Waals surface area contributed by atoms with Crippen molar-refractivity contribution in [3.05, 3.63) is 84.1 Å². The number of hydrogen-bond acceptors (Lipinski definition) is 6. The first-order valence-corrected chi connectivity index (χ1v) is 12.4. The van der Waals surface area contributed by atoms with E-state index in [1.807, 2.05) is 52.8 Å². The van der Waals surface area contributed by atoms with Gasteiger partial charge < -0.3 is 9.32 Å². The molecular formula is C26H27N5O2S. The first-order valence-electron chi connectivity index (χ1n) is 11.4. The average Bonchev–Trinajstić information content (AvgIpc) is 3.54. The van der Waals surface area contributed by atoms with Crippen LogP contribution >= 0.6 is 11.8 Å². The number of carbonyl (C=O) groups is 1. The van der Waals surface area contributed by atoms with Crippen molar-refractivity contribution in [2.75, 3.05) is 31.9 Å². The lowest BCUT2D eigenvalue weighted by molar-refractivity contribution is -0.130. The van der Waals surface area contributed by atoms with Crippen molar-refractivity contribution < 1.29 is 9.21 Å². The van der Waals surface area contributed by atoms with Gasteiger partial charge in [0.25, 0.3) is 0 Å². The highest BCUT2D eigenvalue weighted by Crippen LogP contribution is 2.29. The number of hydrogen-bond donors (Lipinski definition) is 0. The van der Waals surface area contributed by atoms with Crippen molar-refractivity contribution in [1.82, 2.24) is 24.6 Å². The van der Waals surface area contributed by atoms with Gasteiger partial charge in [0, 0.05) is 32.7 Å². The van der Waals surface area contributed by atoms with Gasteiger partial charge in [-0.25, -0.2) is 0 Å². The summed E-state index contributed by atoms with van der Waals surface area (Å²) in [6.07, 6.45) is 1.62. The third-order valence-electron chi connectivity index (χ3n) is 5.93. The fraction of sp³-hybridized carbons (Fsp3) is 0.269. The minimum Gasteiger partial charge on any atom is -0.461 e. The molecule has 34 heavy (non-hydrogen) atoms. The summed E-state index contributed by atoms with van der Waals surface area (Å²) in [5.41, 5.74) is 3.39. The van der Waals surface area contributed by atoms with Gasteiger partial charge in [-0.2, -0.15) is 0 Å². The van der Waals surface area contributed by atoms with E-state index in [1.165, 1.54) is 17.3 Å². The quantitative estimate of drug-likeness (QED) is 0.374. The smallest absolute Gasteiger partial charge is 0.233 e. The molecule has 1 fully saturated rings. The highest BCUT2D eigenvalue weighted by Gasteiger charge is 2.23. The van der Waals surface area contributed by atoms with Gasteiger partial charge in [0.15, 0.2) is 10.9 Å². The molecule has 0 radical (unpaired) electrons. The second-order valence-electron chi connectivity index (χ2n) is 8.39. The van der Waals surface area contributed by atoms with Gasteiger partial charge in [-0.15, -0.1) is 10.2 Å². The summed E-state index contributed by atoms with van der Waals surface area (Å²) in [6.45, 7) is 6.23. The summed E-state index contributed by atoms with van der Waals surface area (Å²) < 4.78 is 7.55. The summed E-state index contributed by atoms with van der Waals surface area (Å²) in [5.74, 6) is 1.71. The first-order chi connectivity index (χ1) is 16.7. The third-order valence-corrected chi connectivity index (χ3v) is 6.85. The minimum absolute atomic E-state index is 0.128. The van der Waals surface area contributed by atoms with Crippen LogP contribution in [0.4, 0.5) is 0 Å². The molecule has 174 valence electrons. The van der Waals surface area contributed by atoms with Crippen LogP contribution in [-0.4, -0.2) is 62.4 Å². The summed E-state index contributed by atoms with van der Waals surface area (Å²) in [6, 6.07) is 22.3. The highest BCUT2D eigenvalue weighted by atomic mass is 32.2. The molecule has 4 aromatic rings. The maximum absolute atomic E-state index is 13.0. The third kappa shape index (κ3) is 5.08. The van der Waals surface area contributed by atoms with Crippen molar-refractivity contribution in [2.45, 2.75) is 18.6 Å². The average molecular weight is 474 g/mol. The molecule has 5 rings (SSSR count). The van der Waals surface area contributed by atoms with Crippen molar-refractivity contribution in [2.24, 2.45) is 0 Å². The van der Waals surface area contributed by atoms with E-state index in [4.69, 9.17) is 4.42 Å². The first kappa shape index (κ1) is 22.4. The number of aryl methyl sites for hydroxylation is 1. The molecule has 3 heterocycles. The lowest BCUT2D eigenvalue weighted by Gasteiger charge is -2.34. The number of benzene rings is 2. The van der Waals surface area contributed by atoms with Crippen LogP contribution in [0.3, 0.4) is 0 Å². The number of rotatable bonds is 7. The van der Waals surface area contributed by atoms with Crippen molar-refractivity contribution >= 4 is 17.7 Å². The molecule has 0 atom stereocenters. The van der Waals surface area contributed by atoms with Crippen LogP contribution in [-0.2, 0) is 11.3 Å². The zero-order valence-electron chi connectivity index (χ0n) is 19.1. The second-order valence-corrected chi connectivity index (χ2v) is 9.33. The van der Waals surface area contributed by atoms with Crippen LogP contribution in [0.15, 0.2) is 82.6 Å². The Hall–Kier alpha value is -3.36. The van der Waals surface area contributed by atoms with Gasteiger partial charge in [-0.3, -0.25) is 14.3 Å². The van der Waals surface area contributed by atoms with E-state index < -0.39 is 0 Å². The van der Waals surface area contributed by atoms with E-state index in [-0.39, 0.29) is 5.91 Å². The Morgan fingerprint density at radius 3 is 2.53 bits per heavy atom. The molecule has 0 unspecified atom stereocenters. The fourth-order valence-electron chi connectivity index (χ4n) is 4.14. The molecule has 1 aliphatic rings. The molecular weight excluding hydrogens is 446 g/mol. The van der Waals surface area contributed by atoms with E-state index >= 15 is 0 Å². The number of aromatic nitrogens is 3. The van der Waals surface area contributed by atoms with E-state index in [0.29, 0.717) is 22.5 Å². The lowest BCUT2D eigenvalue weighted by atomic mass is 10.2. The highest BCUT2D eigenvalue weighted by molar-refractivity contribution is 7.99. The van der Waals surface area contributed by atoms with E-state index in [0.717, 1.165) is 44.0 Å². The van der Waals surface area contributed by atoms with Crippen LogP contribution in [0.5, 0.6) is 0 Å². The molecule has 0 aliphatic carbocycles. The van der Waals surface area contributed by atoms with Crippen LogP contribution in [0.25, 0.3) is 17.3 Å². The maximum Gasteiger partial charge on any atom is 0.233 e. The summed E-state index contributed by atoms with van der Waals surface area (Å²) in [5, 5.41) is 9.44. The molecule has 0 N–H and O–H groups in total. The normalized spacial score (nSPS) is 14.4. The van der Waals surface area contributed by atoms with Gasteiger partial charge in [-0.1, -0.05) is 54.2 Å². The zero-order chi connectivity index (χ0) is 23.3. The maximum atomic E-state index is 13.0. The minimum atomic E-state index is 0.128. The Labute approximate surface area is 203 Å². The van der Waals surface area contributed by atoms with E-state index in [2.05, 4.69) is 45.4 Å². The molecule has 0 bridgehead atoms. The number of nitrogens with zero attached hydrogens (tertiary/aromatic N) is 5. The van der Waals surface area contributed by atoms with Crippen LogP contribution in [0, 0.1) is 6.92 Å². The molecule has 1 amide bonds. The van der Waals surface area contributed by atoms with Gasteiger partial charge in [0.1, 0.15) is 0 Å². The van der Waals surface area contributed by atoms with Crippen molar-refractivity contribution in [3.63, 3.8) is 0 Å². The van der Waals surface area contributed by atoms with E-state index in [1.54, 1.807) is 6.26 Å². The summed E-state index contributed by atoms with van der Waals surface area (Å²) in [7, 11) is 0. The fourth-order valence-corrected chi connectivity index (χ4v) is 5.00. The summed E-state index contributed by atoms with van der Waals surface area (Å²) in [4.78, 5) is 17.3. The Morgan fingerprint density at radius 2 is 1.79 bits per heavy atom. The van der Waals surface area contributed by atoms with Crippen molar-refractivity contribution in [1.29, 1.82) is 0 Å². The summed E-state index contributed by atoms with van der Waals surface area (Å²) >= 11 is 1.41. The van der Waals surface area contributed by atoms with Gasteiger partial charge >= 0.3 is 0 Å². The van der Waals surface area contributed by atoms with Gasteiger partial charge in [0.2, 0.25) is 11.7 Å². The Morgan fingerprint density at radius 1 is 0.971 bits per heavy atom. The molecule has 2 aromatic carbocycles. The topological polar surface area (TPSA) is 67.4 Å². The van der Waals surface area contributed by atoms with Gasteiger partial charge in [-0.05, 0) is 42.3 Å². The molecule has 1 saturated heterocycles. The molecule has 1 aliphatic heterocycles. The van der Waals surface area contributed by atoms with Crippen LogP contribution < -0.4 is 0 Å². The van der Waals surface area contributed by atoms with Crippen LogP contribution in [0.2, 0.25) is 0 Å². The Balaban J connectivity index is 1.24. The number of thioether (sulfide) groups is 1. The molecule has 2 aromatic heterocycles. The predicted octanol–water partition coefficient (Wildman–Crippen LogP) is 4.27. The SMILES string of the molecule is Cc1cccc(-n2c(SCC(=O)N3CCN(Cc4ccccc4)CC3)nnc2-c2ccco2)c1. The van der Waals surface area contributed by atoms with Gasteiger partial charge in [0.05, 0.1) is 17.7 Å².